The molecule has 0 amide bonds. The molecule has 1 unspecified atom stereocenters. The Labute approximate surface area is 71.1 Å². The summed E-state index contributed by atoms with van der Waals surface area (Å²) in [6.45, 7) is 1.58. The summed E-state index contributed by atoms with van der Waals surface area (Å²) in [5, 5.41) is 8.18. The molecule has 0 aromatic carbocycles. The second-order valence-corrected chi connectivity index (χ2v) is 3.37. The normalized spacial score (nSPS) is 13.0. The Kier molecular flexibility index (Phi) is 6.60. The number of hydrogen-bond donors (Lipinski definition) is 1. The molecule has 1 atom stereocenters. The van der Waals surface area contributed by atoms with Crippen LogP contribution in [0.1, 0.15) is 13.3 Å². The Bertz CT molecular complexity index is 116. The van der Waals surface area contributed by atoms with E-state index >= 15 is 0 Å². The third kappa shape index (κ3) is 6.34. The predicted molar refractivity (Wildman–Crippen MR) is 45.6 cm³/mol. The van der Waals surface area contributed by atoms with E-state index in [4.69, 9.17) is 9.84 Å². The molecule has 0 aliphatic carbocycles. The van der Waals surface area contributed by atoms with Crippen molar-refractivity contribution in [3.8, 4) is 0 Å². The fourth-order valence-electron chi connectivity index (χ4n) is 0.502. The minimum Gasteiger partial charge on any atom is -0.388 e. The SMILES string of the molecule is COC(C)CCSC(=O)CO. The van der Waals surface area contributed by atoms with Crippen LogP contribution in [0.5, 0.6) is 0 Å². The van der Waals surface area contributed by atoms with E-state index in [0.29, 0.717) is 5.75 Å². The van der Waals surface area contributed by atoms with Crippen LogP contribution in [0.2, 0.25) is 0 Å². The molecule has 0 aromatic heterocycles. The van der Waals surface area contributed by atoms with Crippen molar-refractivity contribution in [3.63, 3.8) is 0 Å². The van der Waals surface area contributed by atoms with Crippen LogP contribution in [-0.2, 0) is 9.53 Å². The van der Waals surface area contributed by atoms with Gasteiger partial charge in [0.15, 0.2) is 0 Å². The van der Waals surface area contributed by atoms with Crippen molar-refractivity contribution < 1.29 is 14.6 Å². The Hall–Kier alpha value is -0.0600. The zero-order chi connectivity index (χ0) is 8.69. The van der Waals surface area contributed by atoms with E-state index in [1.807, 2.05) is 6.92 Å². The maximum Gasteiger partial charge on any atom is 0.214 e. The molecule has 1 N–H and O–H groups in total. The molecule has 4 heteroatoms. The van der Waals surface area contributed by atoms with Crippen molar-refractivity contribution in [1.82, 2.24) is 0 Å². The van der Waals surface area contributed by atoms with Crippen molar-refractivity contribution in [1.29, 1.82) is 0 Å². The van der Waals surface area contributed by atoms with Gasteiger partial charge in [-0.15, -0.1) is 0 Å². The van der Waals surface area contributed by atoms with E-state index in [0.717, 1.165) is 18.2 Å². The zero-order valence-electron chi connectivity index (χ0n) is 6.87. The van der Waals surface area contributed by atoms with E-state index in [2.05, 4.69) is 0 Å². The summed E-state index contributed by atoms with van der Waals surface area (Å²) in [5.41, 5.74) is 0. The van der Waals surface area contributed by atoms with E-state index in [1.165, 1.54) is 0 Å². The second-order valence-electron chi connectivity index (χ2n) is 2.21. The van der Waals surface area contributed by atoms with Gasteiger partial charge in [0.1, 0.15) is 6.61 Å². The summed E-state index contributed by atoms with van der Waals surface area (Å²) in [6, 6.07) is 0. The number of aliphatic hydroxyl groups excluding tert-OH is 1. The van der Waals surface area contributed by atoms with Gasteiger partial charge in [0.25, 0.3) is 0 Å². The monoisotopic (exact) mass is 178 g/mol. The number of methoxy groups -OCH3 is 1. The highest BCUT2D eigenvalue weighted by atomic mass is 32.2. The number of rotatable bonds is 5. The average molecular weight is 178 g/mol. The summed E-state index contributed by atoms with van der Waals surface area (Å²) in [4.78, 5) is 10.6. The van der Waals surface area contributed by atoms with Crippen molar-refractivity contribution in [2.75, 3.05) is 19.5 Å². The van der Waals surface area contributed by atoms with Crippen LogP contribution in [-0.4, -0.2) is 35.8 Å². The highest BCUT2D eigenvalue weighted by molar-refractivity contribution is 8.13. The van der Waals surface area contributed by atoms with Gasteiger partial charge >= 0.3 is 0 Å². The molecule has 3 nitrogen and oxygen atoms in total. The van der Waals surface area contributed by atoms with E-state index in [9.17, 15) is 4.79 Å². The molecule has 0 radical (unpaired) electrons. The third-order valence-electron chi connectivity index (χ3n) is 1.32. The highest BCUT2D eigenvalue weighted by Gasteiger charge is 2.02. The van der Waals surface area contributed by atoms with Gasteiger partial charge < -0.3 is 9.84 Å². The van der Waals surface area contributed by atoms with Gasteiger partial charge in [-0.1, -0.05) is 11.8 Å². The van der Waals surface area contributed by atoms with Crippen LogP contribution >= 0.6 is 11.8 Å². The predicted octanol–water partition coefficient (Wildman–Crippen LogP) is 0.663. The molecule has 0 heterocycles. The minimum absolute atomic E-state index is 0.173. The molecule has 0 rings (SSSR count). The number of aliphatic hydroxyl groups is 1. The number of carbonyl (C=O) groups is 1. The second kappa shape index (κ2) is 6.64. The van der Waals surface area contributed by atoms with E-state index in [-0.39, 0.29) is 17.8 Å². The molecule has 0 fully saturated rings. The lowest BCUT2D eigenvalue weighted by molar-refractivity contribution is -0.113. The molecule has 0 bridgehead atoms. The first-order valence-corrected chi connectivity index (χ1v) is 4.48. The van der Waals surface area contributed by atoms with Crippen LogP contribution < -0.4 is 0 Å². The van der Waals surface area contributed by atoms with Crippen molar-refractivity contribution in [3.05, 3.63) is 0 Å². The van der Waals surface area contributed by atoms with Gasteiger partial charge in [-0.05, 0) is 13.3 Å². The first-order valence-electron chi connectivity index (χ1n) is 3.50. The summed E-state index contributed by atoms with van der Waals surface area (Å²) in [5.74, 6) is 0.717. The maximum atomic E-state index is 10.6. The quantitative estimate of drug-likeness (QED) is 0.672. The van der Waals surface area contributed by atoms with E-state index in [1.54, 1.807) is 7.11 Å². The van der Waals surface area contributed by atoms with Gasteiger partial charge in [0, 0.05) is 12.9 Å². The molecule has 0 aliphatic heterocycles. The van der Waals surface area contributed by atoms with Crippen LogP contribution in [0.15, 0.2) is 0 Å². The summed E-state index contributed by atoms with van der Waals surface area (Å²) in [6.07, 6.45) is 1.03. The smallest absolute Gasteiger partial charge is 0.214 e. The highest BCUT2D eigenvalue weighted by Crippen LogP contribution is 2.06. The molecular formula is C7H14O3S. The zero-order valence-corrected chi connectivity index (χ0v) is 7.69. The minimum atomic E-state index is -0.369. The largest absolute Gasteiger partial charge is 0.388 e. The molecule has 66 valence electrons. The number of thioether (sulfide) groups is 1. The number of ether oxygens (including phenoxy) is 1. The first-order chi connectivity index (χ1) is 5.20. The Morgan fingerprint density at radius 3 is 2.82 bits per heavy atom. The lowest BCUT2D eigenvalue weighted by Gasteiger charge is -2.06. The standard InChI is InChI=1S/C7H14O3S/c1-6(10-2)3-4-11-7(9)5-8/h6,8H,3-5H2,1-2H3. The Morgan fingerprint density at radius 1 is 1.73 bits per heavy atom. The molecule has 0 aliphatic rings. The fraction of sp³-hybridized carbons (Fsp3) is 0.857. The molecule has 0 aromatic rings. The lowest BCUT2D eigenvalue weighted by atomic mass is 10.3. The Balaban J connectivity index is 3.20. The summed E-state index contributed by atoms with van der Waals surface area (Å²) in [7, 11) is 1.64. The molecule has 0 spiro atoms. The van der Waals surface area contributed by atoms with Crippen molar-refractivity contribution in [2.24, 2.45) is 0 Å². The molecule has 0 saturated heterocycles. The fourth-order valence-corrected chi connectivity index (χ4v) is 1.27. The van der Waals surface area contributed by atoms with Crippen molar-refractivity contribution >= 4 is 16.9 Å². The topological polar surface area (TPSA) is 46.5 Å². The van der Waals surface area contributed by atoms with Crippen LogP contribution in [0, 0.1) is 0 Å². The van der Waals surface area contributed by atoms with Crippen LogP contribution in [0.3, 0.4) is 0 Å². The first kappa shape index (κ1) is 10.9. The summed E-state index contributed by atoms with van der Waals surface area (Å²) >= 11 is 1.15. The van der Waals surface area contributed by atoms with E-state index < -0.39 is 0 Å². The number of carbonyl (C=O) groups excluding carboxylic acids is 1. The maximum absolute atomic E-state index is 10.6. The van der Waals surface area contributed by atoms with Gasteiger partial charge in [-0.3, -0.25) is 4.79 Å². The third-order valence-corrected chi connectivity index (χ3v) is 2.21. The molecular weight excluding hydrogens is 164 g/mol. The van der Waals surface area contributed by atoms with Gasteiger partial charge in [-0.2, -0.15) is 0 Å². The van der Waals surface area contributed by atoms with Gasteiger partial charge in [0.2, 0.25) is 5.12 Å². The average Bonchev–Trinajstić information content (AvgIpc) is 2.04. The van der Waals surface area contributed by atoms with Crippen molar-refractivity contribution in [2.45, 2.75) is 19.4 Å². The van der Waals surface area contributed by atoms with Crippen LogP contribution in [0.25, 0.3) is 0 Å². The number of hydrogen-bond acceptors (Lipinski definition) is 4. The van der Waals surface area contributed by atoms with Gasteiger partial charge in [0.05, 0.1) is 6.10 Å². The summed E-state index contributed by atoms with van der Waals surface area (Å²) < 4.78 is 4.98. The molecule has 11 heavy (non-hydrogen) atoms. The lowest BCUT2D eigenvalue weighted by Crippen LogP contribution is -2.07. The van der Waals surface area contributed by atoms with Gasteiger partial charge in [-0.25, -0.2) is 0 Å². The molecule has 0 saturated carbocycles. The Morgan fingerprint density at radius 2 is 2.36 bits per heavy atom. The van der Waals surface area contributed by atoms with Crippen LogP contribution in [0.4, 0.5) is 0 Å².